The molecule has 104 valence electrons. The highest BCUT2D eigenvalue weighted by Gasteiger charge is 2.35. The molecule has 0 aromatic carbocycles. The van der Waals surface area contributed by atoms with Crippen molar-refractivity contribution in [2.45, 2.75) is 57.7 Å². The molecule has 1 N–H and O–H groups in total. The zero-order valence-electron chi connectivity index (χ0n) is 11.6. The van der Waals surface area contributed by atoms with Gasteiger partial charge >= 0.3 is 0 Å². The molecule has 1 saturated carbocycles. The summed E-state index contributed by atoms with van der Waals surface area (Å²) in [5, 5.41) is 4.53. The van der Waals surface area contributed by atoms with Crippen LogP contribution < -0.4 is 5.32 Å². The number of likely N-dealkylation sites (tertiary alicyclic amines) is 1. The summed E-state index contributed by atoms with van der Waals surface area (Å²) in [6.45, 7) is 5.01. The van der Waals surface area contributed by atoms with Crippen LogP contribution in [0.15, 0.2) is 6.20 Å². The lowest BCUT2D eigenvalue weighted by atomic mass is 10.0. The van der Waals surface area contributed by atoms with E-state index in [2.05, 4.69) is 24.1 Å². The molecule has 1 aromatic rings. The first-order valence-electron chi connectivity index (χ1n) is 7.14. The fraction of sp³-hybridized carbons (Fsp3) is 0.714. The van der Waals surface area contributed by atoms with Gasteiger partial charge in [0.1, 0.15) is 5.01 Å². The van der Waals surface area contributed by atoms with Crippen molar-refractivity contribution in [1.29, 1.82) is 0 Å². The van der Waals surface area contributed by atoms with Crippen LogP contribution in [0.5, 0.6) is 0 Å². The molecule has 1 amide bonds. The van der Waals surface area contributed by atoms with E-state index in [1.54, 1.807) is 11.3 Å². The maximum atomic E-state index is 12.6. The number of hydrogen-bond donors (Lipinski definition) is 1. The Kier molecular flexibility index (Phi) is 3.58. The summed E-state index contributed by atoms with van der Waals surface area (Å²) in [6, 6.07) is 0.728. The van der Waals surface area contributed by atoms with Gasteiger partial charge in [0.05, 0.1) is 12.1 Å². The summed E-state index contributed by atoms with van der Waals surface area (Å²) in [7, 11) is 0. The number of rotatable bonds is 4. The summed E-state index contributed by atoms with van der Waals surface area (Å²) in [4.78, 5) is 20.2. The fourth-order valence-corrected chi connectivity index (χ4v) is 3.51. The zero-order valence-corrected chi connectivity index (χ0v) is 12.4. The predicted molar refractivity (Wildman–Crippen MR) is 76.2 cm³/mol. The number of hydrogen-bond acceptors (Lipinski definition) is 4. The number of aromatic nitrogens is 1. The predicted octanol–water partition coefficient (Wildman–Crippen LogP) is 2.26. The molecule has 2 atom stereocenters. The maximum Gasteiger partial charge on any atom is 0.240 e. The van der Waals surface area contributed by atoms with Gasteiger partial charge in [-0.1, -0.05) is 0 Å². The van der Waals surface area contributed by atoms with Crippen LogP contribution in [0.25, 0.3) is 0 Å². The Bertz CT molecular complexity index is 469. The second-order valence-corrected chi connectivity index (χ2v) is 6.92. The zero-order chi connectivity index (χ0) is 13.4. The van der Waals surface area contributed by atoms with E-state index < -0.39 is 0 Å². The van der Waals surface area contributed by atoms with Gasteiger partial charge < -0.3 is 10.2 Å². The summed E-state index contributed by atoms with van der Waals surface area (Å²) in [6.07, 6.45) is 6.42. The maximum absolute atomic E-state index is 12.6. The van der Waals surface area contributed by atoms with Gasteiger partial charge in [0, 0.05) is 23.7 Å². The van der Waals surface area contributed by atoms with Crippen LogP contribution >= 0.6 is 11.3 Å². The third-order valence-corrected chi connectivity index (χ3v) is 5.03. The largest absolute Gasteiger partial charge is 0.332 e. The summed E-state index contributed by atoms with van der Waals surface area (Å²) in [5.74, 6) is 0.263. The quantitative estimate of drug-likeness (QED) is 0.919. The summed E-state index contributed by atoms with van der Waals surface area (Å²) < 4.78 is 0. The highest BCUT2D eigenvalue weighted by atomic mass is 32.1. The molecule has 2 aliphatic rings. The lowest BCUT2D eigenvalue weighted by Gasteiger charge is -2.36. The Morgan fingerprint density at radius 1 is 1.47 bits per heavy atom. The van der Waals surface area contributed by atoms with Crippen LogP contribution in [-0.2, 0) is 4.79 Å². The smallest absolute Gasteiger partial charge is 0.240 e. The fourth-order valence-electron chi connectivity index (χ4n) is 2.67. The van der Waals surface area contributed by atoms with E-state index in [9.17, 15) is 4.79 Å². The standard InChI is InChI=1S/C14H21N3OS/c1-9-8-15-13(19-9)10(2)17-7-3-4-12(14(17)18)16-11-5-6-11/h8,10-12,16H,3-7H2,1-2H3. The Morgan fingerprint density at radius 2 is 2.26 bits per heavy atom. The van der Waals surface area contributed by atoms with Gasteiger partial charge in [0.25, 0.3) is 0 Å². The first-order chi connectivity index (χ1) is 9.15. The monoisotopic (exact) mass is 279 g/mol. The lowest BCUT2D eigenvalue weighted by molar-refractivity contribution is -0.138. The van der Waals surface area contributed by atoms with Crippen molar-refractivity contribution < 1.29 is 4.79 Å². The number of carbonyl (C=O) groups excluding carboxylic acids is 1. The van der Waals surface area contributed by atoms with E-state index in [-0.39, 0.29) is 18.0 Å². The molecule has 0 spiro atoms. The molecule has 0 bridgehead atoms. The molecular formula is C14H21N3OS. The van der Waals surface area contributed by atoms with E-state index in [0.717, 1.165) is 24.4 Å². The van der Waals surface area contributed by atoms with Gasteiger partial charge in [0.15, 0.2) is 0 Å². The van der Waals surface area contributed by atoms with Gasteiger partial charge in [-0.2, -0.15) is 0 Å². The van der Waals surface area contributed by atoms with Gasteiger partial charge in [-0.3, -0.25) is 4.79 Å². The van der Waals surface area contributed by atoms with Crippen molar-refractivity contribution in [3.05, 3.63) is 16.1 Å². The second kappa shape index (κ2) is 5.21. The first kappa shape index (κ1) is 13.1. The van der Waals surface area contributed by atoms with Crippen molar-refractivity contribution >= 4 is 17.2 Å². The Hall–Kier alpha value is -0.940. The van der Waals surface area contributed by atoms with Crippen molar-refractivity contribution in [2.24, 2.45) is 0 Å². The summed E-state index contributed by atoms with van der Waals surface area (Å²) in [5.41, 5.74) is 0. The van der Waals surface area contributed by atoms with E-state index in [1.165, 1.54) is 17.7 Å². The third-order valence-electron chi connectivity index (χ3n) is 3.95. The molecule has 4 nitrogen and oxygen atoms in total. The second-order valence-electron chi connectivity index (χ2n) is 5.65. The number of amides is 1. The van der Waals surface area contributed by atoms with Crippen LogP contribution in [0.1, 0.15) is 48.5 Å². The SMILES string of the molecule is Cc1cnc(C(C)N2CCCC(NC3CC3)C2=O)s1. The highest BCUT2D eigenvalue weighted by Crippen LogP contribution is 2.29. The number of thiazole rings is 1. The van der Waals surface area contributed by atoms with Crippen molar-refractivity contribution in [2.75, 3.05) is 6.54 Å². The van der Waals surface area contributed by atoms with E-state index in [4.69, 9.17) is 0 Å². The molecule has 1 aromatic heterocycles. The molecule has 1 aliphatic carbocycles. The summed E-state index contributed by atoms with van der Waals surface area (Å²) >= 11 is 1.69. The van der Waals surface area contributed by atoms with Crippen molar-refractivity contribution in [3.63, 3.8) is 0 Å². The number of piperidine rings is 1. The van der Waals surface area contributed by atoms with Gasteiger partial charge in [-0.15, -0.1) is 11.3 Å². The molecular weight excluding hydrogens is 258 g/mol. The average Bonchev–Trinajstić information content (AvgIpc) is 3.11. The normalized spacial score (nSPS) is 25.7. The van der Waals surface area contributed by atoms with Crippen molar-refractivity contribution in [1.82, 2.24) is 15.2 Å². The van der Waals surface area contributed by atoms with Crippen LogP contribution in [0, 0.1) is 6.92 Å². The van der Waals surface area contributed by atoms with E-state index in [0.29, 0.717) is 6.04 Å². The minimum absolute atomic E-state index is 0.0322. The van der Waals surface area contributed by atoms with Crippen LogP contribution in [0.2, 0.25) is 0 Å². The third kappa shape index (κ3) is 2.82. The minimum Gasteiger partial charge on any atom is -0.332 e. The van der Waals surface area contributed by atoms with Crippen molar-refractivity contribution in [3.8, 4) is 0 Å². The lowest BCUT2D eigenvalue weighted by Crippen LogP contribution is -2.51. The van der Waals surface area contributed by atoms with Gasteiger partial charge in [0.2, 0.25) is 5.91 Å². The molecule has 2 heterocycles. The average molecular weight is 279 g/mol. The van der Waals surface area contributed by atoms with Crippen LogP contribution in [0.3, 0.4) is 0 Å². The highest BCUT2D eigenvalue weighted by molar-refractivity contribution is 7.11. The Morgan fingerprint density at radius 3 is 2.89 bits per heavy atom. The Labute approximate surface area is 118 Å². The topological polar surface area (TPSA) is 45.2 Å². The number of aryl methyl sites for hydroxylation is 1. The molecule has 1 aliphatic heterocycles. The Balaban J connectivity index is 1.70. The molecule has 1 saturated heterocycles. The van der Waals surface area contributed by atoms with E-state index in [1.807, 2.05) is 11.1 Å². The molecule has 2 unspecified atom stereocenters. The molecule has 19 heavy (non-hydrogen) atoms. The molecule has 2 fully saturated rings. The molecule has 0 radical (unpaired) electrons. The molecule has 3 rings (SSSR count). The number of nitrogens with zero attached hydrogens (tertiary/aromatic N) is 2. The van der Waals surface area contributed by atoms with Gasteiger partial charge in [-0.25, -0.2) is 4.98 Å². The minimum atomic E-state index is 0.0322. The van der Waals surface area contributed by atoms with E-state index >= 15 is 0 Å². The van der Waals surface area contributed by atoms with Crippen LogP contribution in [-0.4, -0.2) is 34.4 Å². The van der Waals surface area contributed by atoms with Crippen LogP contribution in [0.4, 0.5) is 0 Å². The molecule has 5 heteroatoms. The van der Waals surface area contributed by atoms with Gasteiger partial charge in [-0.05, 0) is 39.5 Å². The number of carbonyl (C=O) groups is 1. The number of nitrogens with one attached hydrogen (secondary N) is 1. The first-order valence-corrected chi connectivity index (χ1v) is 7.95.